The van der Waals surface area contributed by atoms with Crippen molar-refractivity contribution in [3.63, 3.8) is 0 Å². The summed E-state index contributed by atoms with van der Waals surface area (Å²) in [6.45, 7) is 9.35. The third-order valence-corrected chi connectivity index (χ3v) is 4.68. The van der Waals surface area contributed by atoms with Gasteiger partial charge in [0.2, 0.25) is 0 Å². The molecule has 0 saturated heterocycles. The van der Waals surface area contributed by atoms with Crippen molar-refractivity contribution in [3.8, 4) is 0 Å². The second-order valence-electron chi connectivity index (χ2n) is 7.63. The predicted molar refractivity (Wildman–Crippen MR) is 69.3 cm³/mol. The molecule has 1 amide bonds. The number of rotatable bonds is 2. The van der Waals surface area contributed by atoms with Gasteiger partial charge < -0.3 is 14.7 Å². The maximum Gasteiger partial charge on any atom is 0.410 e. The molecule has 18 heavy (non-hydrogen) atoms. The lowest BCUT2D eigenvalue weighted by Crippen LogP contribution is -2.80. The van der Waals surface area contributed by atoms with E-state index in [0.717, 1.165) is 19.3 Å². The molecular weight excluding hydrogens is 230 g/mol. The van der Waals surface area contributed by atoms with Crippen LogP contribution in [0, 0.1) is 5.41 Å². The summed E-state index contributed by atoms with van der Waals surface area (Å²) in [6.07, 6.45) is 2.41. The van der Waals surface area contributed by atoms with Gasteiger partial charge in [-0.2, -0.15) is 0 Å². The number of hydrogen-bond acceptors (Lipinski definition) is 3. The summed E-state index contributed by atoms with van der Waals surface area (Å²) in [5, 5.41) is 10.1. The lowest BCUT2D eigenvalue weighted by atomic mass is 9.34. The highest BCUT2D eigenvalue weighted by Crippen LogP contribution is 2.73. The molecule has 2 bridgehead atoms. The van der Waals surface area contributed by atoms with Crippen molar-refractivity contribution in [2.24, 2.45) is 5.41 Å². The first-order valence-corrected chi connectivity index (χ1v) is 6.60. The topological polar surface area (TPSA) is 49.8 Å². The molecular formula is C14H25NO3. The van der Waals surface area contributed by atoms with Crippen molar-refractivity contribution in [2.45, 2.75) is 70.6 Å². The highest BCUT2D eigenvalue weighted by Gasteiger charge is 2.75. The first-order chi connectivity index (χ1) is 7.91. The van der Waals surface area contributed by atoms with Crippen LogP contribution < -0.4 is 0 Å². The van der Waals surface area contributed by atoms with Crippen LogP contribution in [0.2, 0.25) is 0 Å². The molecule has 3 fully saturated rings. The van der Waals surface area contributed by atoms with Gasteiger partial charge in [-0.15, -0.1) is 0 Å². The average Bonchev–Trinajstić information content (AvgIpc) is 1.91. The zero-order valence-corrected chi connectivity index (χ0v) is 12.3. The van der Waals surface area contributed by atoms with Gasteiger partial charge in [0, 0.05) is 18.0 Å². The lowest BCUT2D eigenvalue weighted by Gasteiger charge is -2.76. The molecule has 0 spiro atoms. The Morgan fingerprint density at radius 1 is 1.17 bits per heavy atom. The fraction of sp³-hybridized carbons (Fsp3) is 0.929. The first kappa shape index (κ1) is 13.7. The van der Waals surface area contributed by atoms with Gasteiger partial charge in [0.1, 0.15) is 5.60 Å². The van der Waals surface area contributed by atoms with Gasteiger partial charge in [-0.05, 0) is 53.9 Å². The third-order valence-electron chi connectivity index (χ3n) is 4.68. The Balaban J connectivity index is 1.96. The number of carbonyl (C=O) groups is 1. The summed E-state index contributed by atoms with van der Waals surface area (Å²) in [4.78, 5) is 13.7. The highest BCUT2D eigenvalue weighted by molar-refractivity contribution is 5.70. The Bertz CT molecular complexity index is 356. The molecule has 0 heterocycles. The van der Waals surface area contributed by atoms with Crippen molar-refractivity contribution in [1.29, 1.82) is 0 Å². The fourth-order valence-electron chi connectivity index (χ4n) is 3.26. The van der Waals surface area contributed by atoms with Crippen LogP contribution in [0.5, 0.6) is 0 Å². The minimum absolute atomic E-state index is 0.0171. The SMILES string of the molecule is CN(C(=O)OC(C)(C)C)C12CC(C(C)(C)O)(C1)C2. The fourth-order valence-corrected chi connectivity index (χ4v) is 3.26. The smallest absolute Gasteiger partial charge is 0.410 e. The van der Waals surface area contributed by atoms with Crippen LogP contribution in [-0.2, 0) is 4.74 Å². The first-order valence-electron chi connectivity index (χ1n) is 6.60. The van der Waals surface area contributed by atoms with E-state index >= 15 is 0 Å². The Kier molecular flexibility index (Phi) is 2.59. The molecule has 3 rings (SSSR count). The Morgan fingerprint density at radius 3 is 1.94 bits per heavy atom. The second-order valence-corrected chi connectivity index (χ2v) is 7.63. The van der Waals surface area contributed by atoms with E-state index in [-0.39, 0.29) is 17.0 Å². The molecule has 104 valence electrons. The molecule has 3 aliphatic rings. The van der Waals surface area contributed by atoms with Gasteiger partial charge in [-0.1, -0.05) is 0 Å². The van der Waals surface area contributed by atoms with E-state index in [1.54, 1.807) is 4.90 Å². The minimum atomic E-state index is -0.649. The molecule has 4 nitrogen and oxygen atoms in total. The van der Waals surface area contributed by atoms with Gasteiger partial charge in [-0.3, -0.25) is 0 Å². The van der Waals surface area contributed by atoms with E-state index in [1.165, 1.54) is 0 Å². The zero-order valence-electron chi connectivity index (χ0n) is 12.3. The molecule has 0 aliphatic heterocycles. The largest absolute Gasteiger partial charge is 0.444 e. The van der Waals surface area contributed by atoms with Crippen molar-refractivity contribution in [3.05, 3.63) is 0 Å². The van der Waals surface area contributed by atoms with Crippen LogP contribution in [-0.4, -0.2) is 39.9 Å². The normalized spacial score (nSPS) is 34.4. The number of aliphatic hydroxyl groups is 1. The van der Waals surface area contributed by atoms with Gasteiger partial charge in [0.25, 0.3) is 0 Å². The van der Waals surface area contributed by atoms with E-state index < -0.39 is 11.2 Å². The van der Waals surface area contributed by atoms with Crippen LogP contribution in [0.25, 0.3) is 0 Å². The van der Waals surface area contributed by atoms with E-state index in [1.807, 2.05) is 41.7 Å². The van der Waals surface area contributed by atoms with Gasteiger partial charge in [-0.25, -0.2) is 4.79 Å². The highest BCUT2D eigenvalue weighted by atomic mass is 16.6. The summed E-state index contributed by atoms with van der Waals surface area (Å²) >= 11 is 0. The Labute approximate surface area is 109 Å². The monoisotopic (exact) mass is 255 g/mol. The number of nitrogens with zero attached hydrogens (tertiary/aromatic N) is 1. The van der Waals surface area contributed by atoms with E-state index in [9.17, 15) is 9.90 Å². The lowest BCUT2D eigenvalue weighted by molar-refractivity contribution is -0.280. The van der Waals surface area contributed by atoms with Crippen LogP contribution in [0.4, 0.5) is 4.79 Å². The summed E-state index contributed by atoms with van der Waals surface area (Å²) in [7, 11) is 1.81. The van der Waals surface area contributed by atoms with Crippen molar-refractivity contribution >= 4 is 6.09 Å². The van der Waals surface area contributed by atoms with Crippen LogP contribution >= 0.6 is 0 Å². The zero-order chi connectivity index (χ0) is 14.0. The predicted octanol–water partition coefficient (Wildman–Crippen LogP) is 2.55. The molecule has 0 unspecified atom stereocenters. The van der Waals surface area contributed by atoms with Gasteiger partial charge in [0.15, 0.2) is 0 Å². The summed E-state index contributed by atoms with van der Waals surface area (Å²) < 4.78 is 5.39. The molecule has 3 aliphatic carbocycles. The molecule has 0 aromatic heterocycles. The van der Waals surface area contributed by atoms with Crippen LogP contribution in [0.1, 0.15) is 53.9 Å². The average molecular weight is 255 g/mol. The molecule has 1 N–H and O–H groups in total. The second kappa shape index (κ2) is 3.41. The quantitative estimate of drug-likeness (QED) is 0.825. The summed E-state index contributed by atoms with van der Waals surface area (Å²) in [5.74, 6) is 0. The number of carbonyl (C=O) groups excluding carboxylic acids is 1. The van der Waals surface area contributed by atoms with E-state index in [0.29, 0.717) is 0 Å². The van der Waals surface area contributed by atoms with Gasteiger partial charge in [0.05, 0.1) is 5.60 Å². The summed E-state index contributed by atoms with van der Waals surface area (Å²) in [6, 6.07) is 0. The molecule has 3 saturated carbocycles. The minimum Gasteiger partial charge on any atom is -0.444 e. The van der Waals surface area contributed by atoms with Crippen molar-refractivity contribution < 1.29 is 14.6 Å². The maximum absolute atomic E-state index is 12.0. The number of hydrogen-bond donors (Lipinski definition) is 1. The Hall–Kier alpha value is -0.770. The standard InChI is InChI=1S/C14H25NO3/c1-11(2,3)18-10(16)15(6)14-7-13(8-14,9-14)12(4,5)17/h17H,7-9H2,1-6H3. The van der Waals surface area contributed by atoms with E-state index in [4.69, 9.17) is 4.74 Å². The molecule has 0 aromatic carbocycles. The molecule has 0 aromatic rings. The van der Waals surface area contributed by atoms with Crippen LogP contribution in [0.3, 0.4) is 0 Å². The van der Waals surface area contributed by atoms with Gasteiger partial charge >= 0.3 is 6.09 Å². The molecule has 0 atom stereocenters. The van der Waals surface area contributed by atoms with Crippen molar-refractivity contribution in [1.82, 2.24) is 4.90 Å². The van der Waals surface area contributed by atoms with E-state index in [2.05, 4.69) is 0 Å². The van der Waals surface area contributed by atoms with Crippen LogP contribution in [0.15, 0.2) is 0 Å². The Morgan fingerprint density at radius 2 is 1.61 bits per heavy atom. The molecule has 4 heteroatoms. The maximum atomic E-state index is 12.0. The summed E-state index contributed by atoms with van der Waals surface area (Å²) in [5.41, 5.74) is -1.15. The molecule has 0 radical (unpaired) electrons. The van der Waals surface area contributed by atoms with Crippen molar-refractivity contribution in [2.75, 3.05) is 7.05 Å². The number of amides is 1. The third kappa shape index (κ3) is 1.81. The number of ether oxygens (including phenoxy) is 1.